The molecule has 3 heterocycles. The van der Waals surface area contributed by atoms with E-state index in [-0.39, 0.29) is 5.69 Å². The maximum atomic E-state index is 12.5. The smallest absolute Gasteiger partial charge is 0.296 e. The van der Waals surface area contributed by atoms with Crippen LogP contribution in [0.5, 0.6) is 5.75 Å². The number of ether oxygens (including phenoxy) is 2. The molecule has 0 spiro atoms. The molecule has 6 rings (SSSR count). The zero-order valence-corrected chi connectivity index (χ0v) is 30.9. The first-order valence-electron chi connectivity index (χ1n) is 16.7. The third kappa shape index (κ3) is 8.91. The average Bonchev–Trinajstić information content (AvgIpc) is 3.16. The molecule has 58 heavy (non-hydrogen) atoms. The predicted octanol–water partition coefficient (Wildman–Crippen LogP) is -2.19. The molecular formula is C31H36N8O17S2. The van der Waals surface area contributed by atoms with Crippen LogP contribution in [-0.2, 0) is 29.7 Å². The van der Waals surface area contributed by atoms with E-state index in [1.165, 1.54) is 12.1 Å². The number of nitrogens with one attached hydrogen (secondary N) is 3. The minimum Gasteiger partial charge on any atom is -0.505 e. The Kier molecular flexibility index (Phi) is 12.4. The van der Waals surface area contributed by atoms with Gasteiger partial charge in [-0.2, -0.15) is 36.9 Å². The average molecular weight is 857 g/mol. The van der Waals surface area contributed by atoms with Gasteiger partial charge in [-0.1, -0.05) is 18.2 Å². The highest BCUT2D eigenvalue weighted by molar-refractivity contribution is 7.86. The van der Waals surface area contributed by atoms with Crippen molar-refractivity contribution in [1.29, 1.82) is 0 Å². The highest BCUT2D eigenvalue weighted by Crippen LogP contribution is 2.45. The molecule has 314 valence electrons. The minimum atomic E-state index is -5.21. The second-order valence-corrected chi connectivity index (χ2v) is 15.7. The summed E-state index contributed by atoms with van der Waals surface area (Å²) in [6, 6.07) is 6.72. The summed E-state index contributed by atoms with van der Waals surface area (Å²) in [5, 5.41) is 108. The van der Waals surface area contributed by atoms with Crippen LogP contribution in [0.2, 0.25) is 0 Å². The third-order valence-electron chi connectivity index (χ3n) is 8.99. The molecule has 2 fully saturated rings. The summed E-state index contributed by atoms with van der Waals surface area (Å²) in [6.07, 6.45) is -13.9. The van der Waals surface area contributed by atoms with Crippen molar-refractivity contribution in [3.05, 3.63) is 48.5 Å². The molecule has 27 heteroatoms. The maximum Gasteiger partial charge on any atom is 0.296 e. The summed E-state index contributed by atoms with van der Waals surface area (Å²) in [5.74, 6) is -2.83. The monoisotopic (exact) mass is 856 g/mol. The zero-order chi connectivity index (χ0) is 42.3. The Morgan fingerprint density at radius 3 is 1.67 bits per heavy atom. The summed E-state index contributed by atoms with van der Waals surface area (Å²) in [5.41, 5.74) is -1.13. The SMILES string of the molecule is O=S(=O)(O)c1cc(Nc2nc(NC3C(O)OC(CO)C(O)C3O)nc(NC3C(O)OC(CO)C(O)C3O)n2)c2c(O)c(N=Nc3ccccc3)c(S(=O)(=O)O)cc2c1. The fourth-order valence-electron chi connectivity index (χ4n) is 6.09. The summed E-state index contributed by atoms with van der Waals surface area (Å²) >= 11 is 0. The number of aromatic hydroxyl groups is 1. The van der Waals surface area contributed by atoms with Crippen molar-refractivity contribution < 1.29 is 81.4 Å². The van der Waals surface area contributed by atoms with Crippen molar-refractivity contribution in [3.8, 4) is 5.75 Å². The molecule has 0 amide bonds. The van der Waals surface area contributed by atoms with Crippen molar-refractivity contribution in [2.75, 3.05) is 29.2 Å². The van der Waals surface area contributed by atoms with Crippen LogP contribution in [0.25, 0.3) is 10.8 Å². The number of hydrogen-bond acceptors (Lipinski definition) is 23. The molecule has 10 atom stereocenters. The van der Waals surface area contributed by atoms with Gasteiger partial charge in [0.2, 0.25) is 17.8 Å². The van der Waals surface area contributed by atoms with Gasteiger partial charge in [0.15, 0.2) is 18.3 Å². The van der Waals surface area contributed by atoms with E-state index in [1.807, 2.05) is 0 Å². The number of fused-ring (bicyclic) bond motifs is 1. The lowest BCUT2D eigenvalue weighted by molar-refractivity contribution is -0.245. The van der Waals surface area contributed by atoms with Gasteiger partial charge in [0.1, 0.15) is 59.3 Å². The van der Waals surface area contributed by atoms with Crippen molar-refractivity contribution in [1.82, 2.24) is 15.0 Å². The van der Waals surface area contributed by atoms with Gasteiger partial charge in [-0.05, 0) is 35.7 Å². The largest absolute Gasteiger partial charge is 0.505 e. The molecular weight excluding hydrogens is 821 g/mol. The lowest BCUT2D eigenvalue weighted by Gasteiger charge is -2.40. The van der Waals surface area contributed by atoms with Crippen LogP contribution in [0.1, 0.15) is 0 Å². The summed E-state index contributed by atoms with van der Waals surface area (Å²) < 4.78 is 80.2. The van der Waals surface area contributed by atoms with Crippen LogP contribution in [0.4, 0.5) is 34.9 Å². The molecule has 2 aliphatic rings. The second-order valence-electron chi connectivity index (χ2n) is 12.9. The summed E-state index contributed by atoms with van der Waals surface area (Å²) in [7, 11) is -10.3. The Balaban J connectivity index is 1.50. The van der Waals surface area contributed by atoms with Gasteiger partial charge in [0, 0.05) is 5.39 Å². The molecule has 4 aromatic rings. The Hall–Kier alpha value is -4.85. The predicted molar refractivity (Wildman–Crippen MR) is 194 cm³/mol. The van der Waals surface area contributed by atoms with Gasteiger partial charge in [0.05, 0.1) is 29.5 Å². The number of phenols is 1. The fourth-order valence-corrected chi connectivity index (χ4v) is 7.29. The van der Waals surface area contributed by atoms with E-state index in [9.17, 15) is 71.9 Å². The van der Waals surface area contributed by atoms with Crippen molar-refractivity contribution in [2.45, 2.75) is 71.1 Å². The molecule has 25 nitrogen and oxygen atoms in total. The Bertz CT molecular complexity index is 2340. The van der Waals surface area contributed by atoms with Gasteiger partial charge in [-0.15, -0.1) is 5.11 Å². The molecule has 3 aromatic carbocycles. The highest BCUT2D eigenvalue weighted by atomic mass is 32.2. The number of anilines is 4. The molecule has 0 bridgehead atoms. The number of aliphatic hydroxyl groups excluding tert-OH is 8. The standard InChI is InChI=1S/C31H36N8O17S2/c40-9-15-22(42)25(45)20(27(47)55-15)33-30-35-29(36-31(37-30)34-21-26(46)23(43)16(10-41)56-28(21)48)32-14-8-13(57(49,50)51)6-11-7-17(58(52,53)54)19(24(44)18(11)14)39-38-12-4-2-1-3-5-12/h1-8,15-16,20-23,25-28,40-48H,9-10H2,(H,49,50,51)(H,52,53,54)(H3,32,33,34,35,36,37). The van der Waals surface area contributed by atoms with E-state index in [0.717, 1.165) is 18.2 Å². The number of azo groups is 1. The lowest BCUT2D eigenvalue weighted by atomic mass is 9.97. The Labute approximate surface area is 326 Å². The van der Waals surface area contributed by atoms with E-state index < -0.39 is 150 Å². The number of benzene rings is 3. The third-order valence-corrected chi connectivity index (χ3v) is 10.7. The first-order chi connectivity index (χ1) is 27.3. The van der Waals surface area contributed by atoms with Crippen molar-refractivity contribution in [2.24, 2.45) is 10.2 Å². The van der Waals surface area contributed by atoms with Gasteiger partial charge in [-0.25, -0.2) is 0 Å². The number of aliphatic hydroxyl groups is 8. The molecule has 2 saturated heterocycles. The number of aromatic nitrogens is 3. The van der Waals surface area contributed by atoms with E-state index in [4.69, 9.17) is 9.47 Å². The molecule has 10 unspecified atom stereocenters. The Morgan fingerprint density at radius 2 is 1.19 bits per heavy atom. The minimum absolute atomic E-state index is 0.185. The van der Waals surface area contributed by atoms with Gasteiger partial charge >= 0.3 is 0 Å². The van der Waals surface area contributed by atoms with Crippen LogP contribution in [-0.4, -0.2) is 161 Å². The van der Waals surface area contributed by atoms with Crippen LogP contribution in [0.15, 0.2) is 68.6 Å². The summed E-state index contributed by atoms with van der Waals surface area (Å²) in [4.78, 5) is 10.4. The molecule has 0 radical (unpaired) electrons. The van der Waals surface area contributed by atoms with Gasteiger partial charge in [-0.3, -0.25) is 9.11 Å². The first-order valence-corrected chi connectivity index (χ1v) is 19.6. The highest BCUT2D eigenvalue weighted by Gasteiger charge is 2.45. The van der Waals surface area contributed by atoms with Crippen LogP contribution >= 0.6 is 0 Å². The maximum absolute atomic E-state index is 12.5. The topological polar surface area (TPSA) is 409 Å². The van der Waals surface area contributed by atoms with E-state index in [2.05, 4.69) is 41.1 Å². The summed E-state index contributed by atoms with van der Waals surface area (Å²) in [6.45, 7) is -1.59. The second kappa shape index (κ2) is 16.8. The number of rotatable bonds is 12. The molecule has 2 aliphatic heterocycles. The lowest BCUT2D eigenvalue weighted by Crippen LogP contribution is -2.61. The van der Waals surface area contributed by atoms with Crippen LogP contribution in [0.3, 0.4) is 0 Å². The van der Waals surface area contributed by atoms with Gasteiger partial charge < -0.3 is 71.4 Å². The van der Waals surface area contributed by atoms with Crippen molar-refractivity contribution >= 4 is 65.9 Å². The van der Waals surface area contributed by atoms with E-state index in [1.54, 1.807) is 18.2 Å². The molecule has 0 saturated carbocycles. The Morgan fingerprint density at radius 1 is 0.672 bits per heavy atom. The fraction of sp³-hybridized carbons (Fsp3) is 0.387. The first kappa shape index (κ1) is 42.7. The van der Waals surface area contributed by atoms with E-state index >= 15 is 0 Å². The van der Waals surface area contributed by atoms with E-state index in [0.29, 0.717) is 0 Å². The normalized spacial score (nSPS) is 28.1. The number of nitrogens with zero attached hydrogens (tertiary/aromatic N) is 5. The molecule has 14 N–H and O–H groups in total. The van der Waals surface area contributed by atoms with Crippen molar-refractivity contribution in [3.63, 3.8) is 0 Å². The van der Waals surface area contributed by atoms with Crippen LogP contribution in [0, 0.1) is 0 Å². The van der Waals surface area contributed by atoms with Gasteiger partial charge in [0.25, 0.3) is 20.2 Å². The number of hydrogen-bond donors (Lipinski definition) is 14. The zero-order valence-electron chi connectivity index (χ0n) is 29.2. The molecule has 1 aromatic heterocycles. The van der Waals surface area contributed by atoms with Crippen LogP contribution < -0.4 is 16.0 Å². The quantitative estimate of drug-likeness (QED) is 0.0531. The number of phenolic OH excluding ortho intramolecular Hbond substituents is 1. The molecule has 0 aliphatic carbocycles.